The summed E-state index contributed by atoms with van der Waals surface area (Å²) in [5.74, 6) is -0.142. The van der Waals surface area contributed by atoms with Gasteiger partial charge < -0.3 is 15.8 Å². The fraction of sp³-hybridized carbons (Fsp3) is 0.941. The zero-order valence-electron chi connectivity index (χ0n) is 15.7. The molecule has 1 aliphatic carbocycles. The quantitative estimate of drug-likeness (QED) is 0.710. The van der Waals surface area contributed by atoms with Crippen LogP contribution < -0.4 is 11.1 Å². The lowest BCUT2D eigenvalue weighted by Crippen LogP contribution is -2.82. The van der Waals surface area contributed by atoms with Crippen LogP contribution in [-0.2, 0) is 9.53 Å². The number of carbonyl (C=O) groups is 1. The number of amides is 1. The monoisotopic (exact) mass is 435 g/mol. The van der Waals surface area contributed by atoms with Crippen molar-refractivity contribution in [1.29, 1.82) is 0 Å². The van der Waals surface area contributed by atoms with Crippen LogP contribution in [0, 0.1) is 17.3 Å². The molecule has 0 radical (unpaired) electrons. The molecular formula is C17H30Cl2F3N3O2. The third-order valence-electron chi connectivity index (χ3n) is 6.38. The maximum atomic E-state index is 12.8. The highest BCUT2D eigenvalue weighted by molar-refractivity contribution is 5.89. The second-order valence-corrected chi connectivity index (χ2v) is 8.35. The lowest BCUT2D eigenvalue weighted by molar-refractivity contribution is -0.225. The van der Waals surface area contributed by atoms with Gasteiger partial charge in [0, 0.05) is 31.0 Å². The van der Waals surface area contributed by atoms with Gasteiger partial charge in [-0.05, 0) is 31.7 Å². The summed E-state index contributed by atoms with van der Waals surface area (Å²) in [6.45, 7) is 4.89. The van der Waals surface area contributed by atoms with Crippen LogP contribution in [0.5, 0.6) is 0 Å². The first-order chi connectivity index (χ1) is 11.6. The average Bonchev–Trinajstić information content (AvgIpc) is 2.97. The number of hydrogen-bond acceptors (Lipinski definition) is 4. The molecule has 4 unspecified atom stereocenters. The predicted molar refractivity (Wildman–Crippen MR) is 101 cm³/mol. The van der Waals surface area contributed by atoms with Gasteiger partial charge in [0.2, 0.25) is 5.91 Å². The van der Waals surface area contributed by atoms with Crippen LogP contribution in [0.15, 0.2) is 0 Å². The highest BCUT2D eigenvalue weighted by atomic mass is 35.5. The van der Waals surface area contributed by atoms with E-state index in [0.29, 0.717) is 32.7 Å². The van der Waals surface area contributed by atoms with Crippen LogP contribution in [0.4, 0.5) is 13.2 Å². The Morgan fingerprint density at radius 2 is 1.96 bits per heavy atom. The van der Waals surface area contributed by atoms with Gasteiger partial charge in [-0.1, -0.05) is 13.8 Å². The minimum absolute atomic E-state index is 0. The first kappa shape index (κ1) is 24.8. The number of likely N-dealkylation sites (tertiary alicyclic amines) is 1. The summed E-state index contributed by atoms with van der Waals surface area (Å²) in [6, 6.07) is 0. The molecule has 0 spiro atoms. The molecule has 10 heteroatoms. The lowest BCUT2D eigenvalue weighted by Gasteiger charge is -2.65. The molecule has 1 amide bonds. The molecule has 4 atom stereocenters. The number of hydrogen-bond donors (Lipinski definition) is 2. The Kier molecular flexibility index (Phi) is 7.90. The summed E-state index contributed by atoms with van der Waals surface area (Å²) in [6.07, 6.45) is -1.73. The van der Waals surface area contributed by atoms with Gasteiger partial charge in [0.15, 0.2) is 0 Å². The second-order valence-electron chi connectivity index (χ2n) is 8.35. The van der Waals surface area contributed by atoms with Crippen molar-refractivity contribution in [3.05, 3.63) is 0 Å². The van der Waals surface area contributed by atoms with E-state index in [1.165, 1.54) is 4.90 Å². The van der Waals surface area contributed by atoms with Crippen molar-refractivity contribution in [3.8, 4) is 0 Å². The van der Waals surface area contributed by atoms with Gasteiger partial charge in [-0.25, -0.2) is 0 Å². The lowest BCUT2D eigenvalue weighted by atomic mass is 9.46. The number of alkyl halides is 3. The van der Waals surface area contributed by atoms with Crippen LogP contribution in [0.25, 0.3) is 0 Å². The fourth-order valence-electron chi connectivity index (χ4n) is 4.90. The standard InChI is InChI=1S/C17H28F3N3O2.2ClH/c1-15(2)13-12(4-3-7-25-13)17(15,21)14(24)22-8-11-5-6-23(9-11)10-16(18,19)20;;/h11-13H,3-10,21H2,1-2H3,(H,22,24);2*1H. The SMILES string of the molecule is CC1(C)C2OCCCC2C1(N)C(=O)NCC1CCN(CC(F)(F)F)C1.Cl.Cl. The molecule has 2 heterocycles. The number of fused-ring (bicyclic) bond motifs is 1. The van der Waals surface area contributed by atoms with E-state index in [-0.39, 0.29) is 48.7 Å². The van der Waals surface area contributed by atoms with E-state index >= 15 is 0 Å². The van der Waals surface area contributed by atoms with Crippen molar-refractivity contribution in [2.24, 2.45) is 23.0 Å². The van der Waals surface area contributed by atoms with Gasteiger partial charge >= 0.3 is 6.18 Å². The summed E-state index contributed by atoms with van der Waals surface area (Å²) in [4.78, 5) is 14.2. The Morgan fingerprint density at radius 3 is 2.59 bits per heavy atom. The van der Waals surface area contributed by atoms with E-state index < -0.39 is 23.7 Å². The minimum Gasteiger partial charge on any atom is -0.377 e. The molecule has 1 saturated carbocycles. The van der Waals surface area contributed by atoms with E-state index in [2.05, 4.69) is 5.32 Å². The Balaban J connectivity index is 0.00000182. The average molecular weight is 436 g/mol. The van der Waals surface area contributed by atoms with E-state index in [1.807, 2.05) is 13.8 Å². The van der Waals surface area contributed by atoms with Gasteiger partial charge in [-0.15, -0.1) is 24.8 Å². The van der Waals surface area contributed by atoms with Gasteiger partial charge in [0.05, 0.1) is 12.6 Å². The molecule has 27 heavy (non-hydrogen) atoms. The molecule has 2 aliphatic heterocycles. The van der Waals surface area contributed by atoms with E-state index in [0.717, 1.165) is 12.8 Å². The van der Waals surface area contributed by atoms with Crippen molar-refractivity contribution in [2.45, 2.75) is 50.9 Å². The molecule has 0 aromatic rings. The Labute approximate surface area is 170 Å². The summed E-state index contributed by atoms with van der Waals surface area (Å²) >= 11 is 0. The van der Waals surface area contributed by atoms with Crippen LogP contribution in [0.3, 0.4) is 0 Å². The minimum atomic E-state index is -4.18. The Morgan fingerprint density at radius 1 is 1.30 bits per heavy atom. The van der Waals surface area contributed by atoms with Crippen LogP contribution in [0.1, 0.15) is 33.1 Å². The number of halogens is 5. The van der Waals surface area contributed by atoms with Crippen LogP contribution in [-0.4, -0.2) is 61.4 Å². The molecule has 0 aromatic heterocycles. The first-order valence-electron chi connectivity index (χ1n) is 9.03. The van der Waals surface area contributed by atoms with Crippen LogP contribution in [0.2, 0.25) is 0 Å². The number of nitrogens with zero attached hydrogens (tertiary/aromatic N) is 1. The highest BCUT2D eigenvalue weighted by Crippen LogP contribution is 2.57. The topological polar surface area (TPSA) is 67.6 Å². The third-order valence-corrected chi connectivity index (χ3v) is 6.38. The number of rotatable bonds is 4. The second kappa shape index (κ2) is 8.61. The van der Waals surface area contributed by atoms with Crippen molar-refractivity contribution in [1.82, 2.24) is 10.2 Å². The molecule has 160 valence electrons. The number of nitrogens with two attached hydrogens (primary N) is 1. The zero-order chi connectivity index (χ0) is 18.5. The van der Waals surface area contributed by atoms with Gasteiger partial charge in [0.25, 0.3) is 0 Å². The molecule has 3 fully saturated rings. The van der Waals surface area contributed by atoms with Gasteiger partial charge in [-0.2, -0.15) is 13.2 Å². The van der Waals surface area contributed by atoms with E-state index in [4.69, 9.17) is 10.5 Å². The number of nitrogens with one attached hydrogen (secondary N) is 1. The van der Waals surface area contributed by atoms with Gasteiger partial charge in [-0.3, -0.25) is 9.69 Å². The van der Waals surface area contributed by atoms with E-state index in [1.54, 1.807) is 0 Å². The Bertz CT molecular complexity index is 536. The third kappa shape index (κ3) is 4.50. The van der Waals surface area contributed by atoms with Crippen molar-refractivity contribution in [2.75, 3.05) is 32.8 Å². The molecule has 3 N–H and O–H groups in total. The highest BCUT2D eigenvalue weighted by Gasteiger charge is 2.70. The smallest absolute Gasteiger partial charge is 0.377 e. The Hall–Kier alpha value is -0.280. The first-order valence-corrected chi connectivity index (χ1v) is 9.03. The largest absolute Gasteiger partial charge is 0.401 e. The van der Waals surface area contributed by atoms with Gasteiger partial charge in [0.1, 0.15) is 5.54 Å². The summed E-state index contributed by atoms with van der Waals surface area (Å²) < 4.78 is 43.2. The molecule has 2 saturated heterocycles. The van der Waals surface area contributed by atoms with Crippen molar-refractivity contribution >= 4 is 30.7 Å². The molecule has 0 aromatic carbocycles. The molecule has 0 bridgehead atoms. The molecular weight excluding hydrogens is 406 g/mol. The zero-order valence-corrected chi connectivity index (χ0v) is 17.3. The van der Waals surface area contributed by atoms with Crippen molar-refractivity contribution in [3.63, 3.8) is 0 Å². The molecule has 3 rings (SSSR count). The maximum Gasteiger partial charge on any atom is 0.401 e. The number of carbonyl (C=O) groups excluding carboxylic acids is 1. The van der Waals surface area contributed by atoms with E-state index in [9.17, 15) is 18.0 Å². The summed E-state index contributed by atoms with van der Waals surface area (Å²) in [5.41, 5.74) is 5.11. The summed E-state index contributed by atoms with van der Waals surface area (Å²) in [7, 11) is 0. The fourth-order valence-corrected chi connectivity index (χ4v) is 4.90. The maximum absolute atomic E-state index is 12.8. The van der Waals surface area contributed by atoms with Crippen LogP contribution >= 0.6 is 24.8 Å². The molecule has 5 nitrogen and oxygen atoms in total. The number of ether oxygens (including phenoxy) is 1. The normalized spacial score (nSPS) is 35.3. The predicted octanol–water partition coefficient (Wildman–Crippen LogP) is 2.36. The molecule has 3 aliphatic rings. The summed E-state index contributed by atoms with van der Waals surface area (Å²) in [5, 5.41) is 2.91. The van der Waals surface area contributed by atoms with Crippen molar-refractivity contribution < 1.29 is 22.7 Å².